The summed E-state index contributed by atoms with van der Waals surface area (Å²) in [6.45, 7) is 2.06. The molecule has 0 unspecified atom stereocenters. The highest BCUT2D eigenvalue weighted by Gasteiger charge is 2.10. The van der Waals surface area contributed by atoms with Gasteiger partial charge in [0.25, 0.3) is 0 Å². The van der Waals surface area contributed by atoms with E-state index in [1.807, 2.05) is 30.3 Å². The Kier molecular flexibility index (Phi) is 4.06. The SMILES string of the molecule is Cc1ccc(C[C@H](N=C=O)c2ccccc2)cc1. The first-order valence-corrected chi connectivity index (χ1v) is 5.97. The molecule has 90 valence electrons. The summed E-state index contributed by atoms with van der Waals surface area (Å²) in [5, 5.41) is 0. The Morgan fingerprint density at radius 2 is 1.72 bits per heavy atom. The van der Waals surface area contributed by atoms with Crippen LogP contribution < -0.4 is 0 Å². The standard InChI is InChI=1S/C16H15NO/c1-13-7-9-14(10-8-13)11-16(17-12-18)15-5-3-2-4-6-15/h2-10,16H,11H2,1H3/t16-/m0/s1. The molecule has 18 heavy (non-hydrogen) atoms. The minimum atomic E-state index is -0.147. The third kappa shape index (κ3) is 3.16. The van der Waals surface area contributed by atoms with E-state index in [9.17, 15) is 4.79 Å². The summed E-state index contributed by atoms with van der Waals surface area (Å²) in [5.74, 6) is 0. The monoisotopic (exact) mass is 237 g/mol. The minimum absolute atomic E-state index is 0.147. The maximum atomic E-state index is 10.5. The van der Waals surface area contributed by atoms with Crippen LogP contribution in [0.25, 0.3) is 0 Å². The van der Waals surface area contributed by atoms with E-state index in [4.69, 9.17) is 0 Å². The maximum absolute atomic E-state index is 10.5. The predicted molar refractivity (Wildman–Crippen MR) is 72.2 cm³/mol. The number of hydrogen-bond acceptors (Lipinski definition) is 2. The molecule has 0 aliphatic heterocycles. The highest BCUT2D eigenvalue weighted by Crippen LogP contribution is 2.21. The van der Waals surface area contributed by atoms with Crippen LogP contribution in [0.3, 0.4) is 0 Å². The predicted octanol–water partition coefficient (Wildman–Crippen LogP) is 3.61. The molecule has 2 rings (SSSR count). The van der Waals surface area contributed by atoms with Crippen molar-refractivity contribution in [3.05, 3.63) is 71.3 Å². The summed E-state index contributed by atoms with van der Waals surface area (Å²) < 4.78 is 0. The first-order chi connectivity index (χ1) is 8.79. The second kappa shape index (κ2) is 5.95. The Morgan fingerprint density at radius 3 is 2.33 bits per heavy atom. The van der Waals surface area contributed by atoms with Crippen molar-refractivity contribution in [1.29, 1.82) is 0 Å². The van der Waals surface area contributed by atoms with Crippen LogP contribution in [0.2, 0.25) is 0 Å². The van der Waals surface area contributed by atoms with Crippen LogP contribution in [-0.4, -0.2) is 6.08 Å². The lowest BCUT2D eigenvalue weighted by atomic mass is 9.99. The van der Waals surface area contributed by atoms with Gasteiger partial charge in [-0.2, -0.15) is 4.99 Å². The number of rotatable bonds is 4. The van der Waals surface area contributed by atoms with Crippen molar-refractivity contribution in [2.24, 2.45) is 4.99 Å². The number of aryl methyl sites for hydroxylation is 1. The van der Waals surface area contributed by atoms with Gasteiger partial charge in [0.1, 0.15) is 0 Å². The molecule has 2 aromatic carbocycles. The fraction of sp³-hybridized carbons (Fsp3) is 0.188. The van der Waals surface area contributed by atoms with Crippen LogP contribution in [-0.2, 0) is 11.2 Å². The second-order valence-electron chi connectivity index (χ2n) is 4.34. The van der Waals surface area contributed by atoms with Crippen molar-refractivity contribution < 1.29 is 4.79 Å². The number of hydrogen-bond donors (Lipinski definition) is 0. The zero-order chi connectivity index (χ0) is 12.8. The number of isocyanates is 1. The van der Waals surface area contributed by atoms with Crippen molar-refractivity contribution in [2.45, 2.75) is 19.4 Å². The minimum Gasteiger partial charge on any atom is -0.211 e. The molecule has 0 saturated carbocycles. The van der Waals surface area contributed by atoms with Gasteiger partial charge in [0.15, 0.2) is 0 Å². The summed E-state index contributed by atoms with van der Waals surface area (Å²) in [5.41, 5.74) is 3.45. The van der Waals surface area contributed by atoms with Gasteiger partial charge in [-0.15, -0.1) is 0 Å². The van der Waals surface area contributed by atoms with E-state index in [0.29, 0.717) is 0 Å². The molecular formula is C16H15NO. The molecule has 0 aliphatic carbocycles. The normalized spacial score (nSPS) is 11.6. The maximum Gasteiger partial charge on any atom is 0.235 e. The van der Waals surface area contributed by atoms with Crippen LogP contribution in [0.15, 0.2) is 59.6 Å². The van der Waals surface area contributed by atoms with Gasteiger partial charge < -0.3 is 0 Å². The van der Waals surface area contributed by atoms with E-state index in [0.717, 1.165) is 12.0 Å². The topological polar surface area (TPSA) is 29.4 Å². The lowest BCUT2D eigenvalue weighted by molar-refractivity contribution is 0.557. The van der Waals surface area contributed by atoms with Crippen LogP contribution in [0.4, 0.5) is 0 Å². The van der Waals surface area contributed by atoms with Crippen molar-refractivity contribution in [2.75, 3.05) is 0 Å². The van der Waals surface area contributed by atoms with Gasteiger partial charge in [0.2, 0.25) is 6.08 Å². The Labute approximate surface area is 107 Å². The van der Waals surface area contributed by atoms with Gasteiger partial charge >= 0.3 is 0 Å². The summed E-state index contributed by atoms with van der Waals surface area (Å²) in [7, 11) is 0. The molecule has 0 aromatic heterocycles. The molecule has 0 saturated heterocycles. The van der Waals surface area contributed by atoms with E-state index in [-0.39, 0.29) is 6.04 Å². The summed E-state index contributed by atoms with van der Waals surface area (Å²) in [6, 6.07) is 18.0. The number of nitrogens with zero attached hydrogens (tertiary/aromatic N) is 1. The molecule has 2 nitrogen and oxygen atoms in total. The molecule has 0 bridgehead atoms. The third-order valence-electron chi connectivity index (χ3n) is 2.94. The fourth-order valence-electron chi connectivity index (χ4n) is 1.92. The van der Waals surface area contributed by atoms with E-state index in [1.54, 1.807) is 6.08 Å². The van der Waals surface area contributed by atoms with Crippen LogP contribution in [0.1, 0.15) is 22.7 Å². The first-order valence-electron chi connectivity index (χ1n) is 5.97. The molecule has 0 heterocycles. The van der Waals surface area contributed by atoms with Crippen molar-refractivity contribution in [1.82, 2.24) is 0 Å². The highest BCUT2D eigenvalue weighted by atomic mass is 16.1. The molecule has 0 amide bonds. The van der Waals surface area contributed by atoms with Gasteiger partial charge in [-0.3, -0.25) is 0 Å². The van der Waals surface area contributed by atoms with Crippen molar-refractivity contribution >= 4 is 6.08 Å². The van der Waals surface area contributed by atoms with Gasteiger partial charge in [-0.1, -0.05) is 60.2 Å². The summed E-state index contributed by atoms with van der Waals surface area (Å²) >= 11 is 0. The Balaban J connectivity index is 2.22. The molecule has 2 aromatic rings. The summed E-state index contributed by atoms with van der Waals surface area (Å²) in [4.78, 5) is 14.4. The highest BCUT2D eigenvalue weighted by molar-refractivity contribution is 5.36. The van der Waals surface area contributed by atoms with Crippen molar-refractivity contribution in [3.63, 3.8) is 0 Å². The van der Waals surface area contributed by atoms with Crippen LogP contribution in [0, 0.1) is 6.92 Å². The quantitative estimate of drug-likeness (QED) is 0.590. The van der Waals surface area contributed by atoms with Crippen LogP contribution >= 0.6 is 0 Å². The lowest BCUT2D eigenvalue weighted by Crippen LogP contribution is -2.00. The Hall–Kier alpha value is -2.18. The number of aliphatic imine (C=N–C) groups is 1. The van der Waals surface area contributed by atoms with Gasteiger partial charge in [0, 0.05) is 0 Å². The average molecular weight is 237 g/mol. The van der Waals surface area contributed by atoms with E-state index in [1.165, 1.54) is 11.1 Å². The molecule has 0 fully saturated rings. The van der Waals surface area contributed by atoms with Gasteiger partial charge in [-0.05, 0) is 24.5 Å². The largest absolute Gasteiger partial charge is 0.235 e. The Bertz CT molecular complexity index is 539. The third-order valence-corrected chi connectivity index (χ3v) is 2.94. The first kappa shape index (κ1) is 12.3. The number of carbonyl (C=O) groups excluding carboxylic acids is 1. The summed E-state index contributed by atoms with van der Waals surface area (Å²) in [6.07, 6.45) is 2.39. The van der Waals surface area contributed by atoms with Crippen LogP contribution in [0.5, 0.6) is 0 Å². The molecule has 0 N–H and O–H groups in total. The molecular weight excluding hydrogens is 222 g/mol. The molecule has 0 aliphatic rings. The second-order valence-corrected chi connectivity index (χ2v) is 4.34. The Morgan fingerprint density at radius 1 is 1.06 bits per heavy atom. The smallest absolute Gasteiger partial charge is 0.211 e. The molecule has 0 radical (unpaired) electrons. The average Bonchev–Trinajstić information content (AvgIpc) is 2.42. The van der Waals surface area contributed by atoms with Gasteiger partial charge in [0.05, 0.1) is 6.04 Å². The fourth-order valence-corrected chi connectivity index (χ4v) is 1.92. The lowest BCUT2D eigenvalue weighted by Gasteiger charge is -2.11. The van der Waals surface area contributed by atoms with E-state index in [2.05, 4.69) is 36.2 Å². The molecule has 2 heteroatoms. The molecule has 0 spiro atoms. The zero-order valence-corrected chi connectivity index (χ0v) is 10.3. The zero-order valence-electron chi connectivity index (χ0n) is 10.3. The van der Waals surface area contributed by atoms with Crippen molar-refractivity contribution in [3.8, 4) is 0 Å². The number of benzene rings is 2. The van der Waals surface area contributed by atoms with E-state index < -0.39 is 0 Å². The van der Waals surface area contributed by atoms with E-state index >= 15 is 0 Å². The molecule has 1 atom stereocenters. The van der Waals surface area contributed by atoms with Gasteiger partial charge in [-0.25, -0.2) is 4.79 Å².